The summed E-state index contributed by atoms with van der Waals surface area (Å²) in [5.41, 5.74) is 2.82. The van der Waals surface area contributed by atoms with Gasteiger partial charge in [-0.3, -0.25) is 0 Å². The largest absolute Gasteiger partial charge is 0.673 e. The monoisotopic (exact) mass is 419 g/mol. The number of para-hydroxylation sites is 1. The quantitative estimate of drug-likeness (QED) is 0.343. The third-order valence-corrected chi connectivity index (χ3v) is 4.07. The van der Waals surface area contributed by atoms with Crippen LogP contribution in [0.1, 0.15) is 0 Å². The Kier molecular flexibility index (Phi) is 6.39. The predicted octanol–water partition coefficient (Wildman–Crippen LogP) is 5.37. The van der Waals surface area contributed by atoms with Gasteiger partial charge in [-0.25, -0.2) is 4.99 Å². The first-order valence-corrected chi connectivity index (χ1v) is 8.98. The van der Waals surface area contributed by atoms with Gasteiger partial charge in [-0.1, -0.05) is 60.1 Å². The van der Waals surface area contributed by atoms with E-state index in [0.29, 0.717) is 5.02 Å². The number of fused-ring (bicyclic) bond motifs is 1. The highest BCUT2D eigenvalue weighted by Crippen LogP contribution is 2.21. The van der Waals surface area contributed by atoms with Crippen LogP contribution in [0.25, 0.3) is 22.3 Å². The van der Waals surface area contributed by atoms with Crippen molar-refractivity contribution in [2.45, 2.75) is 0 Å². The Balaban J connectivity index is 0.000000431. The van der Waals surface area contributed by atoms with Crippen LogP contribution in [0.2, 0.25) is 5.02 Å². The van der Waals surface area contributed by atoms with Crippen LogP contribution in [0.3, 0.4) is 0 Å². The van der Waals surface area contributed by atoms with Crippen molar-refractivity contribution in [2.24, 2.45) is 0 Å². The second-order valence-electron chi connectivity index (χ2n) is 6.02. The van der Waals surface area contributed by atoms with Crippen LogP contribution in [0.5, 0.6) is 0 Å². The third-order valence-electron chi connectivity index (χ3n) is 3.83. The minimum Gasteiger partial charge on any atom is -0.456 e. The molecule has 0 fully saturated rings. The predicted molar refractivity (Wildman–Crippen MR) is 107 cm³/mol. The van der Waals surface area contributed by atoms with Crippen molar-refractivity contribution in [3.8, 4) is 11.3 Å². The van der Waals surface area contributed by atoms with Crippen molar-refractivity contribution >= 4 is 35.5 Å². The van der Waals surface area contributed by atoms with E-state index < -0.39 is 7.25 Å². The molecule has 29 heavy (non-hydrogen) atoms. The number of rotatable bonds is 2. The van der Waals surface area contributed by atoms with Crippen LogP contribution >= 0.6 is 11.6 Å². The molecule has 1 aromatic heterocycles. The first-order chi connectivity index (χ1) is 13.8. The maximum Gasteiger partial charge on any atom is 0.673 e. The van der Waals surface area contributed by atoms with Gasteiger partial charge < -0.3 is 21.7 Å². The van der Waals surface area contributed by atoms with Gasteiger partial charge in [-0.15, -0.1) is 0 Å². The Bertz CT molecular complexity index is 1170. The molecule has 0 saturated carbocycles. The van der Waals surface area contributed by atoms with Crippen LogP contribution in [-0.2, 0) is 0 Å². The number of hydrogen-bond donors (Lipinski definition) is 1. The van der Waals surface area contributed by atoms with Crippen molar-refractivity contribution in [1.82, 2.24) is 0 Å². The van der Waals surface area contributed by atoms with Crippen LogP contribution < -0.4 is 10.3 Å². The summed E-state index contributed by atoms with van der Waals surface area (Å²) in [5, 5.41) is 2.71. The summed E-state index contributed by atoms with van der Waals surface area (Å²) in [7, 11) is -6.00. The highest BCUT2D eigenvalue weighted by Gasteiger charge is 2.20. The Morgan fingerprint density at radius 3 is 2.10 bits per heavy atom. The van der Waals surface area contributed by atoms with Gasteiger partial charge in [0.2, 0.25) is 11.0 Å². The summed E-state index contributed by atoms with van der Waals surface area (Å²) >= 11 is 6.10. The van der Waals surface area contributed by atoms with Crippen molar-refractivity contribution < 1.29 is 26.7 Å². The van der Waals surface area contributed by atoms with Gasteiger partial charge in [0.15, 0.2) is 0 Å². The summed E-state index contributed by atoms with van der Waals surface area (Å²) in [4.78, 5) is 3.45. The normalized spacial score (nSPS) is 11.8. The number of hydrogen-bond acceptors (Lipinski definition) is 1. The van der Waals surface area contributed by atoms with Crippen molar-refractivity contribution in [2.75, 3.05) is 0 Å². The Labute approximate surface area is 169 Å². The molecule has 0 aliphatic rings. The molecule has 0 amide bonds. The fourth-order valence-corrected chi connectivity index (χ4v) is 2.90. The Morgan fingerprint density at radius 2 is 1.41 bits per heavy atom. The maximum absolute atomic E-state index is 9.75. The zero-order valence-corrected chi connectivity index (χ0v) is 15.7. The van der Waals surface area contributed by atoms with E-state index >= 15 is 0 Å². The van der Waals surface area contributed by atoms with Crippen LogP contribution in [-0.4, -0.2) is 7.25 Å². The fourth-order valence-electron chi connectivity index (χ4n) is 2.70. The summed E-state index contributed by atoms with van der Waals surface area (Å²) in [6.07, 6.45) is 0. The highest BCUT2D eigenvalue weighted by molar-refractivity contribution is 6.50. The van der Waals surface area contributed by atoms with E-state index in [4.69, 9.17) is 16.0 Å². The topological polar surface area (TPSA) is 27.1 Å². The Hall–Kier alpha value is -3.06. The molecule has 0 aliphatic heterocycles. The average molecular weight is 420 g/mol. The molecule has 8 heteroatoms. The van der Waals surface area contributed by atoms with E-state index in [9.17, 15) is 17.3 Å². The van der Waals surface area contributed by atoms with Crippen LogP contribution in [0.15, 0.2) is 89.3 Å². The molecule has 3 aromatic carbocycles. The minimum absolute atomic E-state index is 0.702. The number of nitrogens with one attached hydrogen (secondary N) is 1. The average Bonchev–Trinajstić information content (AvgIpc) is 2.67. The van der Waals surface area contributed by atoms with Crippen LogP contribution in [0.4, 0.5) is 23.0 Å². The molecule has 0 saturated heterocycles. The van der Waals surface area contributed by atoms with Crippen molar-refractivity contribution in [1.29, 1.82) is 0 Å². The molecule has 1 heterocycles. The lowest BCUT2D eigenvalue weighted by molar-refractivity contribution is -0.400. The second kappa shape index (κ2) is 8.96. The molecule has 4 aromatic rings. The maximum atomic E-state index is 9.75. The molecule has 148 valence electrons. The van der Waals surface area contributed by atoms with Gasteiger partial charge in [0.05, 0.1) is 11.5 Å². The summed E-state index contributed by atoms with van der Waals surface area (Å²) < 4.78 is 45.1. The van der Waals surface area contributed by atoms with Gasteiger partial charge in [-0.2, -0.15) is 0 Å². The zero-order valence-electron chi connectivity index (χ0n) is 15.0. The molecule has 0 unspecified atom stereocenters. The zero-order chi connectivity index (χ0) is 20.9. The van der Waals surface area contributed by atoms with Gasteiger partial charge >= 0.3 is 7.25 Å². The van der Waals surface area contributed by atoms with Gasteiger partial charge in [0.1, 0.15) is 11.3 Å². The van der Waals surface area contributed by atoms with E-state index in [2.05, 4.69) is 4.99 Å². The van der Waals surface area contributed by atoms with Crippen molar-refractivity contribution in [3.05, 3.63) is 95.3 Å². The lowest BCUT2D eigenvalue weighted by Gasteiger charge is -2.02. The fraction of sp³-hybridized carbons (Fsp3) is 0. The third kappa shape index (κ3) is 6.22. The van der Waals surface area contributed by atoms with E-state index in [-0.39, 0.29) is 0 Å². The molecule has 0 aliphatic carbocycles. The van der Waals surface area contributed by atoms with Crippen molar-refractivity contribution in [3.63, 3.8) is 0 Å². The number of halogens is 5. The summed E-state index contributed by atoms with van der Waals surface area (Å²) in [6, 6.07) is 27.8. The lowest BCUT2D eigenvalue weighted by Crippen LogP contribution is -2.70. The molecule has 4 rings (SSSR count). The summed E-state index contributed by atoms with van der Waals surface area (Å²) in [5.74, 6) is 0.818. The van der Waals surface area contributed by atoms with Crippen LogP contribution in [0, 0.1) is 0 Å². The first-order valence-electron chi connectivity index (χ1n) is 8.61. The molecule has 0 radical (unpaired) electrons. The van der Waals surface area contributed by atoms with E-state index in [1.54, 1.807) is 0 Å². The Morgan fingerprint density at radius 1 is 0.759 bits per heavy atom. The SMILES string of the molecule is Clc1cccc([NH+]=c2cc(-c3ccccc3)oc3ccccc23)c1.F[B-](F)(F)F. The highest BCUT2D eigenvalue weighted by atomic mass is 35.5. The lowest BCUT2D eigenvalue weighted by atomic mass is 10.1. The van der Waals surface area contributed by atoms with E-state index in [0.717, 1.165) is 33.3 Å². The molecule has 0 atom stereocenters. The molecule has 0 spiro atoms. The van der Waals surface area contributed by atoms with Gasteiger partial charge in [-0.05, 0) is 18.2 Å². The number of benzene rings is 3. The summed E-state index contributed by atoms with van der Waals surface area (Å²) in [6.45, 7) is 0. The molecule has 0 bridgehead atoms. The second-order valence-corrected chi connectivity index (χ2v) is 6.45. The van der Waals surface area contributed by atoms with Gasteiger partial charge in [0, 0.05) is 22.7 Å². The smallest absolute Gasteiger partial charge is 0.456 e. The molecular formula is C21H15BClF4NO. The molecular weight excluding hydrogens is 404 g/mol. The minimum atomic E-state index is -6.00. The molecule has 2 nitrogen and oxygen atoms in total. The van der Waals surface area contributed by atoms with Gasteiger partial charge in [0.25, 0.3) is 0 Å². The molecule has 1 N–H and O–H groups in total. The first kappa shape index (κ1) is 20.7. The van der Waals surface area contributed by atoms with E-state index in [1.165, 1.54) is 0 Å². The van der Waals surface area contributed by atoms with E-state index in [1.807, 2.05) is 84.9 Å². The standard InChI is InChI=1S/C21H14ClNO.BF4/c22-16-9-6-10-17(13-16)23-19-14-21(15-7-2-1-3-8-15)24-20-12-5-4-11-18(19)20;2-1(3,4)5/h1-14H;/q;-1/p+1.